The van der Waals surface area contributed by atoms with Gasteiger partial charge in [0.2, 0.25) is 5.78 Å². The van der Waals surface area contributed by atoms with E-state index in [1.165, 1.54) is 0 Å². The second kappa shape index (κ2) is 5.43. The molecule has 4 nitrogen and oxygen atoms in total. The Hall–Kier alpha value is -2.20. The summed E-state index contributed by atoms with van der Waals surface area (Å²) in [6.45, 7) is 1.55. The molecule has 0 amide bonds. The Labute approximate surface area is 121 Å². The standard InChI is InChI=1S/C15H13ClN2O2/c16-13(15-17-7-8-18-15)14(19)11-5-3-10(4-6-11)12-2-1-9-20-12/h1-6,9,17-18H,7-8H2. The molecule has 1 aliphatic rings. The van der Waals surface area contributed by atoms with Crippen LogP contribution in [0.4, 0.5) is 0 Å². The molecule has 0 bridgehead atoms. The smallest absolute Gasteiger partial charge is 0.208 e. The zero-order valence-corrected chi connectivity index (χ0v) is 11.4. The lowest BCUT2D eigenvalue weighted by atomic mass is 10.1. The Morgan fingerprint density at radius 1 is 1.10 bits per heavy atom. The first-order valence-corrected chi connectivity index (χ1v) is 6.69. The van der Waals surface area contributed by atoms with Crippen LogP contribution in [0.1, 0.15) is 10.4 Å². The average Bonchev–Trinajstić information content (AvgIpc) is 3.18. The SMILES string of the molecule is O=C(C(Cl)=C1NCCN1)c1ccc(-c2ccco2)cc1. The first-order valence-electron chi connectivity index (χ1n) is 6.32. The monoisotopic (exact) mass is 288 g/mol. The van der Waals surface area contributed by atoms with Crippen molar-refractivity contribution < 1.29 is 9.21 Å². The lowest BCUT2D eigenvalue weighted by Gasteiger charge is -2.05. The van der Waals surface area contributed by atoms with Crippen LogP contribution in [0.2, 0.25) is 0 Å². The molecule has 1 saturated heterocycles. The summed E-state index contributed by atoms with van der Waals surface area (Å²) < 4.78 is 5.31. The number of ketones is 1. The van der Waals surface area contributed by atoms with Crippen molar-refractivity contribution in [1.82, 2.24) is 10.6 Å². The van der Waals surface area contributed by atoms with Crippen LogP contribution in [0, 0.1) is 0 Å². The molecule has 0 aliphatic carbocycles. The Morgan fingerprint density at radius 3 is 2.40 bits per heavy atom. The van der Waals surface area contributed by atoms with E-state index in [9.17, 15) is 4.79 Å². The van der Waals surface area contributed by atoms with Crippen LogP contribution in [0.15, 0.2) is 57.9 Å². The molecule has 0 spiro atoms. The van der Waals surface area contributed by atoms with Crippen molar-refractivity contribution in [1.29, 1.82) is 0 Å². The average molecular weight is 289 g/mol. The first kappa shape index (κ1) is 12.8. The summed E-state index contributed by atoms with van der Waals surface area (Å²) in [5.74, 6) is 1.17. The van der Waals surface area contributed by atoms with Crippen LogP contribution in [0.3, 0.4) is 0 Å². The lowest BCUT2D eigenvalue weighted by molar-refractivity contribution is 0.104. The molecule has 2 N–H and O–H groups in total. The molecular weight excluding hydrogens is 276 g/mol. The van der Waals surface area contributed by atoms with E-state index in [4.69, 9.17) is 16.0 Å². The number of halogens is 1. The second-order valence-electron chi connectivity index (χ2n) is 4.43. The van der Waals surface area contributed by atoms with E-state index in [0.29, 0.717) is 11.4 Å². The highest BCUT2D eigenvalue weighted by molar-refractivity contribution is 6.45. The number of benzene rings is 1. The van der Waals surface area contributed by atoms with Gasteiger partial charge >= 0.3 is 0 Å². The van der Waals surface area contributed by atoms with Gasteiger partial charge in [-0.05, 0) is 12.1 Å². The van der Waals surface area contributed by atoms with Crippen LogP contribution >= 0.6 is 11.6 Å². The van der Waals surface area contributed by atoms with Crippen LogP contribution in [0.25, 0.3) is 11.3 Å². The van der Waals surface area contributed by atoms with Crippen LogP contribution in [-0.4, -0.2) is 18.9 Å². The largest absolute Gasteiger partial charge is 0.464 e. The number of nitrogens with one attached hydrogen (secondary N) is 2. The van der Waals surface area contributed by atoms with E-state index < -0.39 is 0 Å². The van der Waals surface area contributed by atoms with Crippen molar-refractivity contribution in [2.45, 2.75) is 0 Å². The number of rotatable bonds is 3. The molecule has 20 heavy (non-hydrogen) atoms. The van der Waals surface area contributed by atoms with E-state index in [1.54, 1.807) is 18.4 Å². The van der Waals surface area contributed by atoms with Gasteiger partial charge in [0.15, 0.2) is 0 Å². The summed E-state index contributed by atoms with van der Waals surface area (Å²) in [6.07, 6.45) is 1.62. The maximum absolute atomic E-state index is 12.2. The highest BCUT2D eigenvalue weighted by Crippen LogP contribution is 2.22. The number of furan rings is 1. The van der Waals surface area contributed by atoms with Gasteiger partial charge in [0.1, 0.15) is 16.6 Å². The number of hydrogen-bond acceptors (Lipinski definition) is 4. The third kappa shape index (κ3) is 2.42. The van der Waals surface area contributed by atoms with E-state index in [1.807, 2.05) is 24.3 Å². The molecule has 0 saturated carbocycles. The normalized spacial score (nSPS) is 13.8. The Kier molecular flexibility index (Phi) is 3.48. The maximum atomic E-state index is 12.2. The highest BCUT2D eigenvalue weighted by atomic mass is 35.5. The molecule has 1 fully saturated rings. The molecule has 2 aromatic rings. The predicted octanol–water partition coefficient (Wildman–Crippen LogP) is 2.73. The Balaban J connectivity index is 1.84. The molecule has 3 rings (SSSR count). The summed E-state index contributed by atoms with van der Waals surface area (Å²) in [4.78, 5) is 12.2. The van der Waals surface area contributed by atoms with Gasteiger partial charge in [-0.1, -0.05) is 35.9 Å². The van der Waals surface area contributed by atoms with Crippen LogP contribution in [-0.2, 0) is 0 Å². The van der Waals surface area contributed by atoms with Gasteiger partial charge in [-0.15, -0.1) is 0 Å². The molecular formula is C15H13ClN2O2. The summed E-state index contributed by atoms with van der Waals surface area (Å²) >= 11 is 6.10. The molecule has 1 aliphatic heterocycles. The summed E-state index contributed by atoms with van der Waals surface area (Å²) in [5, 5.41) is 6.27. The van der Waals surface area contributed by atoms with Gasteiger partial charge in [0, 0.05) is 24.2 Å². The number of allylic oxidation sites excluding steroid dienone is 1. The van der Waals surface area contributed by atoms with Crippen molar-refractivity contribution in [3.63, 3.8) is 0 Å². The quantitative estimate of drug-likeness (QED) is 0.673. The van der Waals surface area contributed by atoms with Crippen molar-refractivity contribution in [2.24, 2.45) is 0 Å². The number of Topliss-reactive ketones (excluding diaryl/α,β-unsaturated/α-hetero) is 1. The molecule has 102 valence electrons. The van der Waals surface area contributed by atoms with Crippen molar-refractivity contribution in [3.8, 4) is 11.3 Å². The Bertz CT molecular complexity index is 637. The van der Waals surface area contributed by atoms with E-state index in [-0.39, 0.29) is 10.8 Å². The summed E-state index contributed by atoms with van der Waals surface area (Å²) in [6, 6.07) is 10.9. The molecule has 1 aromatic heterocycles. The van der Waals surface area contributed by atoms with Crippen molar-refractivity contribution >= 4 is 17.4 Å². The minimum atomic E-state index is -0.199. The second-order valence-corrected chi connectivity index (χ2v) is 4.80. The molecule has 1 aromatic carbocycles. The van der Waals surface area contributed by atoms with Gasteiger partial charge < -0.3 is 15.1 Å². The summed E-state index contributed by atoms with van der Waals surface area (Å²) in [5.41, 5.74) is 1.47. The topological polar surface area (TPSA) is 54.3 Å². The molecule has 0 atom stereocenters. The predicted molar refractivity (Wildman–Crippen MR) is 77.4 cm³/mol. The third-order valence-electron chi connectivity index (χ3n) is 3.10. The minimum absolute atomic E-state index is 0.188. The van der Waals surface area contributed by atoms with E-state index >= 15 is 0 Å². The van der Waals surface area contributed by atoms with Crippen molar-refractivity contribution in [3.05, 3.63) is 59.1 Å². The number of carbonyl (C=O) groups excluding carboxylic acids is 1. The molecule has 0 unspecified atom stereocenters. The van der Waals surface area contributed by atoms with Gasteiger partial charge in [-0.3, -0.25) is 4.79 Å². The fraction of sp³-hybridized carbons (Fsp3) is 0.133. The van der Waals surface area contributed by atoms with E-state index in [2.05, 4.69) is 10.6 Å². The minimum Gasteiger partial charge on any atom is -0.464 e. The molecule has 5 heteroatoms. The fourth-order valence-electron chi connectivity index (χ4n) is 2.06. The number of carbonyl (C=O) groups is 1. The zero-order chi connectivity index (χ0) is 13.9. The zero-order valence-electron chi connectivity index (χ0n) is 10.7. The fourth-order valence-corrected chi connectivity index (χ4v) is 2.30. The Morgan fingerprint density at radius 2 is 1.80 bits per heavy atom. The maximum Gasteiger partial charge on any atom is 0.208 e. The summed E-state index contributed by atoms with van der Waals surface area (Å²) in [7, 11) is 0. The highest BCUT2D eigenvalue weighted by Gasteiger charge is 2.18. The van der Waals surface area contributed by atoms with Gasteiger partial charge in [-0.25, -0.2) is 0 Å². The lowest BCUT2D eigenvalue weighted by Crippen LogP contribution is -2.16. The van der Waals surface area contributed by atoms with Crippen LogP contribution < -0.4 is 10.6 Å². The van der Waals surface area contributed by atoms with Gasteiger partial charge in [0.25, 0.3) is 0 Å². The first-order chi connectivity index (χ1) is 9.75. The van der Waals surface area contributed by atoms with Crippen LogP contribution in [0.5, 0.6) is 0 Å². The van der Waals surface area contributed by atoms with E-state index in [0.717, 1.165) is 24.4 Å². The van der Waals surface area contributed by atoms with Gasteiger partial charge in [0.05, 0.1) is 6.26 Å². The van der Waals surface area contributed by atoms with Gasteiger partial charge in [-0.2, -0.15) is 0 Å². The number of hydrogen-bond donors (Lipinski definition) is 2. The molecule has 2 heterocycles. The van der Waals surface area contributed by atoms with Crippen molar-refractivity contribution in [2.75, 3.05) is 13.1 Å². The molecule has 0 radical (unpaired) electrons. The third-order valence-corrected chi connectivity index (χ3v) is 3.46.